The van der Waals surface area contributed by atoms with Crippen molar-refractivity contribution < 1.29 is 25.6 Å². The fourth-order valence-corrected chi connectivity index (χ4v) is 5.26. The highest BCUT2D eigenvalue weighted by Crippen LogP contribution is 2.23. The number of halogens is 2. The molecule has 0 amide bonds. The van der Waals surface area contributed by atoms with E-state index in [2.05, 4.69) is 4.72 Å². The van der Waals surface area contributed by atoms with Gasteiger partial charge >= 0.3 is 0 Å². The van der Waals surface area contributed by atoms with Gasteiger partial charge in [-0.1, -0.05) is 0 Å². The van der Waals surface area contributed by atoms with Crippen LogP contribution in [0.5, 0.6) is 0 Å². The predicted molar refractivity (Wildman–Crippen MR) is 72.8 cm³/mol. The fraction of sp³-hybridized carbons (Fsp3) is 0.455. The summed E-state index contributed by atoms with van der Waals surface area (Å²) in [5.41, 5.74) is 4.22. The lowest BCUT2D eigenvalue weighted by atomic mass is 10.2. The van der Waals surface area contributed by atoms with Crippen LogP contribution in [0.1, 0.15) is 12.8 Å². The van der Waals surface area contributed by atoms with Gasteiger partial charge in [-0.2, -0.15) is 0 Å². The van der Waals surface area contributed by atoms with Crippen LogP contribution in [0.15, 0.2) is 17.0 Å². The number of nitrogens with two attached hydrogens (primary N) is 1. The number of sulfonamides is 1. The van der Waals surface area contributed by atoms with E-state index < -0.39 is 48.1 Å². The fourth-order valence-electron chi connectivity index (χ4n) is 2.16. The molecule has 1 heterocycles. The Morgan fingerprint density at radius 2 is 1.95 bits per heavy atom. The molecule has 3 N–H and O–H groups in total. The Balaban J connectivity index is 2.29. The van der Waals surface area contributed by atoms with E-state index in [-0.39, 0.29) is 11.5 Å². The molecule has 1 atom stereocenters. The van der Waals surface area contributed by atoms with Gasteiger partial charge in [0.15, 0.2) is 15.7 Å². The molecule has 0 saturated carbocycles. The summed E-state index contributed by atoms with van der Waals surface area (Å²) in [4.78, 5) is -0.802. The third-order valence-electron chi connectivity index (χ3n) is 3.17. The van der Waals surface area contributed by atoms with Crippen LogP contribution >= 0.6 is 0 Å². The number of hydrogen-bond acceptors (Lipinski definition) is 5. The molecule has 0 aromatic heterocycles. The minimum Gasteiger partial charge on any atom is -0.394 e. The first-order valence-electron chi connectivity index (χ1n) is 6.08. The summed E-state index contributed by atoms with van der Waals surface area (Å²) < 4.78 is 76.0. The van der Waals surface area contributed by atoms with Crippen LogP contribution in [-0.4, -0.2) is 34.4 Å². The average molecular weight is 340 g/mol. The third kappa shape index (κ3) is 3.50. The lowest BCUT2D eigenvalue weighted by Gasteiger charge is -2.23. The molecule has 1 aliphatic rings. The van der Waals surface area contributed by atoms with Gasteiger partial charge < -0.3 is 5.73 Å². The Hall–Kier alpha value is -1.26. The quantitative estimate of drug-likeness (QED) is 0.775. The molecule has 1 saturated heterocycles. The largest absolute Gasteiger partial charge is 0.394 e. The number of hydrogen-bond donors (Lipinski definition) is 2. The third-order valence-corrected chi connectivity index (χ3v) is 6.52. The monoisotopic (exact) mass is 340 g/mol. The molecule has 1 unspecified atom stereocenters. The lowest BCUT2D eigenvalue weighted by Crippen LogP contribution is -2.43. The molecular weight excluding hydrogens is 326 g/mol. The van der Waals surface area contributed by atoms with Gasteiger partial charge in [0.1, 0.15) is 16.4 Å². The molecule has 1 aromatic rings. The Morgan fingerprint density at radius 3 is 2.57 bits per heavy atom. The second kappa shape index (κ2) is 5.50. The van der Waals surface area contributed by atoms with Gasteiger partial charge in [0, 0.05) is 6.04 Å². The zero-order valence-electron chi connectivity index (χ0n) is 10.8. The molecule has 0 spiro atoms. The number of rotatable bonds is 3. The molecule has 2 rings (SSSR count). The maximum Gasteiger partial charge on any atom is 0.243 e. The van der Waals surface area contributed by atoms with Gasteiger partial charge in [0.05, 0.1) is 11.5 Å². The Kier molecular flexibility index (Phi) is 4.22. The Labute approximate surface area is 121 Å². The second-order valence-electron chi connectivity index (χ2n) is 4.85. The first-order chi connectivity index (χ1) is 9.62. The van der Waals surface area contributed by atoms with Gasteiger partial charge in [-0.05, 0) is 25.0 Å². The van der Waals surface area contributed by atoms with Crippen molar-refractivity contribution in [2.45, 2.75) is 23.8 Å². The summed E-state index contributed by atoms with van der Waals surface area (Å²) in [5, 5.41) is 0. The summed E-state index contributed by atoms with van der Waals surface area (Å²) in [6.45, 7) is 0. The molecule has 10 heteroatoms. The van der Waals surface area contributed by atoms with Crippen molar-refractivity contribution in [2.75, 3.05) is 17.2 Å². The maximum absolute atomic E-state index is 13.8. The van der Waals surface area contributed by atoms with E-state index in [1.54, 1.807) is 0 Å². The van der Waals surface area contributed by atoms with Crippen molar-refractivity contribution in [3.8, 4) is 0 Å². The van der Waals surface area contributed by atoms with E-state index in [1.165, 1.54) is 0 Å². The number of anilines is 1. The minimum absolute atomic E-state index is 0.00306. The molecule has 1 aliphatic heterocycles. The molecule has 21 heavy (non-hydrogen) atoms. The van der Waals surface area contributed by atoms with Crippen molar-refractivity contribution in [1.82, 2.24) is 4.72 Å². The van der Waals surface area contributed by atoms with Crippen molar-refractivity contribution in [3.63, 3.8) is 0 Å². The molecule has 0 bridgehead atoms. The zero-order chi connectivity index (χ0) is 15.8. The van der Waals surface area contributed by atoms with E-state index in [1.807, 2.05) is 0 Å². The number of benzene rings is 1. The van der Waals surface area contributed by atoms with Crippen LogP contribution in [0.2, 0.25) is 0 Å². The molecule has 0 radical (unpaired) electrons. The highest BCUT2D eigenvalue weighted by Gasteiger charge is 2.30. The smallest absolute Gasteiger partial charge is 0.243 e. The standard InChI is InChI=1S/C11H14F2N2O4S2/c12-8-3-4-9(10(13)11(8)14)21(18,19)15-7-2-1-5-20(16,17)6-7/h3-4,7,15H,1-2,5-6,14H2. The van der Waals surface area contributed by atoms with Gasteiger partial charge in [-0.15, -0.1) is 0 Å². The molecular formula is C11H14F2N2O4S2. The highest BCUT2D eigenvalue weighted by molar-refractivity contribution is 7.91. The first kappa shape index (κ1) is 16.1. The molecule has 118 valence electrons. The van der Waals surface area contributed by atoms with Crippen LogP contribution in [0.3, 0.4) is 0 Å². The van der Waals surface area contributed by atoms with Crippen LogP contribution in [0.25, 0.3) is 0 Å². The zero-order valence-corrected chi connectivity index (χ0v) is 12.5. The molecule has 1 fully saturated rings. The first-order valence-corrected chi connectivity index (χ1v) is 9.39. The Bertz CT molecular complexity index is 763. The normalized spacial score (nSPS) is 22.1. The molecule has 0 aliphatic carbocycles. The summed E-state index contributed by atoms with van der Waals surface area (Å²) in [6, 6.07) is 0.657. The summed E-state index contributed by atoms with van der Waals surface area (Å²) in [6.07, 6.45) is 0.653. The predicted octanol–water partition coefficient (Wildman–Crippen LogP) is 0.403. The van der Waals surface area contributed by atoms with Gasteiger partial charge in [0.25, 0.3) is 0 Å². The topological polar surface area (TPSA) is 106 Å². The lowest BCUT2D eigenvalue weighted by molar-refractivity contribution is 0.511. The summed E-state index contributed by atoms with van der Waals surface area (Å²) in [5.74, 6) is -2.79. The van der Waals surface area contributed by atoms with Gasteiger partial charge in [-0.25, -0.2) is 30.3 Å². The van der Waals surface area contributed by atoms with E-state index in [4.69, 9.17) is 5.73 Å². The Morgan fingerprint density at radius 1 is 1.29 bits per heavy atom. The van der Waals surface area contributed by atoms with E-state index >= 15 is 0 Å². The molecule has 1 aromatic carbocycles. The van der Waals surface area contributed by atoms with Crippen LogP contribution < -0.4 is 10.5 Å². The average Bonchev–Trinajstić information content (AvgIpc) is 2.33. The van der Waals surface area contributed by atoms with Crippen LogP contribution in [0.4, 0.5) is 14.5 Å². The van der Waals surface area contributed by atoms with E-state index in [0.29, 0.717) is 12.8 Å². The minimum atomic E-state index is -4.32. The number of sulfone groups is 1. The number of nitrogens with one attached hydrogen (secondary N) is 1. The highest BCUT2D eigenvalue weighted by atomic mass is 32.2. The van der Waals surface area contributed by atoms with Crippen molar-refractivity contribution >= 4 is 25.5 Å². The van der Waals surface area contributed by atoms with Crippen molar-refractivity contribution in [1.29, 1.82) is 0 Å². The second-order valence-corrected chi connectivity index (χ2v) is 8.76. The maximum atomic E-state index is 13.8. The van der Waals surface area contributed by atoms with Crippen LogP contribution in [-0.2, 0) is 19.9 Å². The van der Waals surface area contributed by atoms with Crippen molar-refractivity contribution in [3.05, 3.63) is 23.8 Å². The van der Waals surface area contributed by atoms with Gasteiger partial charge in [-0.3, -0.25) is 0 Å². The van der Waals surface area contributed by atoms with E-state index in [9.17, 15) is 25.6 Å². The number of nitrogen functional groups attached to an aromatic ring is 1. The van der Waals surface area contributed by atoms with E-state index in [0.717, 1.165) is 12.1 Å². The van der Waals surface area contributed by atoms with Crippen LogP contribution in [0, 0.1) is 11.6 Å². The summed E-state index contributed by atoms with van der Waals surface area (Å²) in [7, 11) is -7.63. The van der Waals surface area contributed by atoms with Gasteiger partial charge in [0.2, 0.25) is 10.0 Å². The SMILES string of the molecule is Nc1c(F)ccc(S(=O)(=O)NC2CCCS(=O)(=O)C2)c1F. The molecule has 6 nitrogen and oxygen atoms in total. The summed E-state index contributed by atoms with van der Waals surface area (Å²) >= 11 is 0. The van der Waals surface area contributed by atoms with Crippen molar-refractivity contribution in [2.24, 2.45) is 0 Å².